The van der Waals surface area contributed by atoms with Crippen LogP contribution in [0, 0.1) is 0 Å². The summed E-state index contributed by atoms with van der Waals surface area (Å²) >= 11 is 0. The first-order valence-electron chi connectivity index (χ1n) is 9.41. The summed E-state index contributed by atoms with van der Waals surface area (Å²) in [4.78, 5) is 32.9. The van der Waals surface area contributed by atoms with Crippen molar-refractivity contribution in [1.82, 2.24) is 19.8 Å². The van der Waals surface area contributed by atoms with E-state index in [4.69, 9.17) is 4.74 Å². The van der Waals surface area contributed by atoms with Crippen molar-refractivity contribution in [2.24, 2.45) is 0 Å². The highest BCUT2D eigenvalue weighted by molar-refractivity contribution is 6.11. The van der Waals surface area contributed by atoms with Crippen LogP contribution in [0.3, 0.4) is 0 Å². The molecular weight excluding hydrogens is 358 g/mol. The molecule has 0 spiro atoms. The molecule has 0 aliphatic carbocycles. The smallest absolute Gasteiger partial charge is 0.423 e. The fraction of sp³-hybridized carbons (Fsp3) is 0.450. The lowest BCUT2D eigenvalue weighted by molar-refractivity contribution is 0.0583. The summed E-state index contributed by atoms with van der Waals surface area (Å²) in [6.07, 6.45) is 4.63. The summed E-state index contributed by atoms with van der Waals surface area (Å²) in [5, 5.41) is 3.21. The molecule has 0 radical (unpaired) electrons. The molecule has 1 fully saturated rings. The number of imide groups is 1. The molecule has 150 valence electrons. The number of urea groups is 1. The van der Waals surface area contributed by atoms with Gasteiger partial charge >= 0.3 is 12.1 Å². The molecule has 8 heteroatoms. The highest BCUT2D eigenvalue weighted by atomic mass is 16.6. The molecule has 1 aromatic heterocycles. The number of nitrogens with zero attached hydrogens (tertiary/aromatic N) is 4. The van der Waals surface area contributed by atoms with Crippen LogP contribution in [-0.4, -0.2) is 58.4 Å². The van der Waals surface area contributed by atoms with Gasteiger partial charge in [0.1, 0.15) is 5.60 Å². The van der Waals surface area contributed by atoms with Gasteiger partial charge in [-0.15, -0.1) is 0 Å². The van der Waals surface area contributed by atoms with Crippen molar-refractivity contribution >= 4 is 17.8 Å². The molecule has 1 saturated heterocycles. The minimum atomic E-state index is -0.701. The predicted octanol–water partition coefficient (Wildman–Crippen LogP) is 2.70. The largest absolute Gasteiger partial charge is 0.443 e. The van der Waals surface area contributed by atoms with E-state index >= 15 is 0 Å². The first-order chi connectivity index (χ1) is 13.3. The number of benzene rings is 1. The topological polar surface area (TPSA) is 79.7 Å². The highest BCUT2D eigenvalue weighted by Crippen LogP contribution is 2.22. The van der Waals surface area contributed by atoms with Gasteiger partial charge in [-0.25, -0.2) is 14.6 Å². The Morgan fingerprint density at radius 1 is 1.25 bits per heavy atom. The third-order valence-corrected chi connectivity index (χ3v) is 4.25. The minimum absolute atomic E-state index is 0.365. The normalized spacial score (nSPS) is 14.6. The Morgan fingerprint density at radius 2 is 2.00 bits per heavy atom. The standard InChI is InChI=1S/C20H27N5O3/c1-20(2,3)28-19(27)25(18(26)24-11-8-21-9-12-24)17-6-4-5-16(13-17)14-23-10-7-22-15-23/h4-7,10,13,15,21H,8-9,11-12,14H2,1-3H3. The van der Waals surface area contributed by atoms with Crippen molar-refractivity contribution in [2.75, 3.05) is 31.1 Å². The highest BCUT2D eigenvalue weighted by Gasteiger charge is 2.32. The van der Waals surface area contributed by atoms with E-state index in [9.17, 15) is 9.59 Å². The summed E-state index contributed by atoms with van der Waals surface area (Å²) < 4.78 is 7.45. The average Bonchev–Trinajstić information content (AvgIpc) is 3.14. The number of imidazole rings is 1. The fourth-order valence-corrected chi connectivity index (χ4v) is 2.98. The predicted molar refractivity (Wildman–Crippen MR) is 106 cm³/mol. The molecule has 1 aliphatic rings. The Kier molecular flexibility index (Phi) is 5.99. The Hall–Kier alpha value is -2.87. The summed E-state index contributed by atoms with van der Waals surface area (Å²) in [5.74, 6) is 0. The zero-order valence-corrected chi connectivity index (χ0v) is 16.6. The van der Waals surface area contributed by atoms with Crippen molar-refractivity contribution in [3.8, 4) is 0 Å². The van der Waals surface area contributed by atoms with Crippen molar-refractivity contribution in [1.29, 1.82) is 0 Å². The monoisotopic (exact) mass is 385 g/mol. The number of rotatable bonds is 3. The maximum atomic E-state index is 13.2. The minimum Gasteiger partial charge on any atom is -0.443 e. The number of hydrogen-bond acceptors (Lipinski definition) is 5. The first-order valence-corrected chi connectivity index (χ1v) is 9.41. The number of ether oxygens (including phenoxy) is 1. The van der Waals surface area contributed by atoms with E-state index in [0.717, 1.165) is 10.5 Å². The zero-order valence-electron chi connectivity index (χ0n) is 16.6. The van der Waals surface area contributed by atoms with Crippen molar-refractivity contribution < 1.29 is 14.3 Å². The molecule has 0 saturated carbocycles. The molecular formula is C20H27N5O3. The second-order valence-electron chi connectivity index (χ2n) is 7.74. The zero-order chi connectivity index (χ0) is 20.1. The van der Waals surface area contributed by atoms with Crippen LogP contribution in [0.4, 0.5) is 15.3 Å². The maximum absolute atomic E-state index is 13.2. The van der Waals surface area contributed by atoms with Gasteiger partial charge in [-0.2, -0.15) is 4.90 Å². The Labute approximate surface area is 165 Å². The van der Waals surface area contributed by atoms with E-state index in [1.165, 1.54) is 0 Å². The number of piperazine rings is 1. The number of hydrogen-bond donors (Lipinski definition) is 1. The van der Waals surface area contributed by atoms with Crippen LogP contribution < -0.4 is 10.2 Å². The number of anilines is 1. The lowest BCUT2D eigenvalue weighted by atomic mass is 10.2. The second-order valence-corrected chi connectivity index (χ2v) is 7.74. The van der Waals surface area contributed by atoms with Gasteiger partial charge in [0.05, 0.1) is 12.0 Å². The molecule has 3 rings (SSSR count). The number of carbonyl (C=O) groups is 2. The van der Waals surface area contributed by atoms with E-state index in [-0.39, 0.29) is 6.03 Å². The molecule has 2 heterocycles. The van der Waals surface area contributed by atoms with Gasteiger partial charge in [-0.05, 0) is 38.5 Å². The molecule has 8 nitrogen and oxygen atoms in total. The van der Waals surface area contributed by atoms with Crippen LogP contribution in [0.15, 0.2) is 43.0 Å². The lowest BCUT2D eigenvalue weighted by Gasteiger charge is -2.33. The molecule has 0 atom stereocenters. The van der Waals surface area contributed by atoms with Gasteiger partial charge in [0.15, 0.2) is 0 Å². The summed E-state index contributed by atoms with van der Waals surface area (Å²) in [5.41, 5.74) is 0.751. The van der Waals surface area contributed by atoms with Crippen LogP contribution in [0.5, 0.6) is 0 Å². The molecule has 0 unspecified atom stereocenters. The Morgan fingerprint density at radius 3 is 2.64 bits per heavy atom. The van der Waals surface area contributed by atoms with Gasteiger partial charge in [-0.3, -0.25) is 0 Å². The maximum Gasteiger partial charge on any atom is 0.423 e. The summed E-state index contributed by atoms with van der Waals surface area (Å²) in [6, 6.07) is 7.01. The molecule has 28 heavy (non-hydrogen) atoms. The molecule has 3 amide bonds. The average molecular weight is 385 g/mol. The van der Waals surface area contributed by atoms with E-state index in [2.05, 4.69) is 10.3 Å². The number of amides is 3. The number of carbonyl (C=O) groups excluding carboxylic acids is 2. The number of nitrogens with one attached hydrogen (secondary N) is 1. The Bertz CT molecular complexity index is 807. The van der Waals surface area contributed by atoms with Crippen LogP contribution in [-0.2, 0) is 11.3 Å². The van der Waals surface area contributed by atoms with E-state index in [0.29, 0.717) is 38.4 Å². The van der Waals surface area contributed by atoms with Gasteiger partial charge in [-0.1, -0.05) is 12.1 Å². The lowest BCUT2D eigenvalue weighted by Crippen LogP contribution is -2.54. The van der Waals surface area contributed by atoms with Crippen LogP contribution in [0.1, 0.15) is 26.3 Å². The third-order valence-electron chi connectivity index (χ3n) is 4.25. The third kappa shape index (κ3) is 5.10. The van der Waals surface area contributed by atoms with Crippen LogP contribution in [0.25, 0.3) is 0 Å². The van der Waals surface area contributed by atoms with E-state index < -0.39 is 11.7 Å². The second kappa shape index (κ2) is 8.43. The van der Waals surface area contributed by atoms with E-state index in [1.807, 2.05) is 29.0 Å². The Balaban J connectivity index is 1.89. The van der Waals surface area contributed by atoms with Crippen LogP contribution >= 0.6 is 0 Å². The SMILES string of the molecule is CC(C)(C)OC(=O)N(C(=O)N1CCNCC1)c1cccc(Cn2ccnc2)c1. The fourth-order valence-electron chi connectivity index (χ4n) is 2.98. The van der Waals surface area contributed by atoms with Gasteiger partial charge in [0, 0.05) is 45.1 Å². The summed E-state index contributed by atoms with van der Waals surface area (Å²) in [7, 11) is 0. The molecule has 0 bridgehead atoms. The van der Waals surface area contributed by atoms with Crippen molar-refractivity contribution in [3.63, 3.8) is 0 Å². The van der Waals surface area contributed by atoms with Gasteiger partial charge < -0.3 is 19.5 Å². The van der Waals surface area contributed by atoms with Crippen molar-refractivity contribution in [2.45, 2.75) is 32.9 Å². The summed E-state index contributed by atoms with van der Waals surface area (Å²) in [6.45, 7) is 8.45. The first kappa shape index (κ1) is 19.9. The molecule has 2 aromatic rings. The van der Waals surface area contributed by atoms with E-state index in [1.54, 1.807) is 44.3 Å². The molecule has 1 N–H and O–H groups in total. The van der Waals surface area contributed by atoms with Crippen LogP contribution in [0.2, 0.25) is 0 Å². The van der Waals surface area contributed by atoms with Gasteiger partial charge in [0.2, 0.25) is 0 Å². The quantitative estimate of drug-likeness (QED) is 0.879. The van der Waals surface area contributed by atoms with Crippen molar-refractivity contribution in [3.05, 3.63) is 48.5 Å². The molecule has 1 aliphatic heterocycles. The molecule has 1 aromatic carbocycles. The number of aromatic nitrogens is 2. The van der Waals surface area contributed by atoms with Gasteiger partial charge in [0.25, 0.3) is 0 Å².